The minimum Gasteiger partial charge on any atom is -0.493 e. The third-order valence-corrected chi connectivity index (χ3v) is 4.23. The summed E-state index contributed by atoms with van der Waals surface area (Å²) in [6.07, 6.45) is 1.56. The minimum atomic E-state index is -0.145. The number of aromatic nitrogens is 1. The number of fused-ring (bicyclic) bond motifs is 1. The van der Waals surface area contributed by atoms with Gasteiger partial charge in [0.05, 0.1) is 32.1 Å². The standard InChI is InChI=1S/C19H21N3O3/c1-2-6-25-17-4-3-12(8-13(17)10-23)18-14(9-20)19(21)22-16-5-7-24-11-15(16)18/h3-4,8,23H,2,5-7,10-11H2,1H3,(H2,21,22). The van der Waals surface area contributed by atoms with E-state index in [1.54, 1.807) is 0 Å². The molecule has 6 nitrogen and oxygen atoms in total. The van der Waals surface area contributed by atoms with Crippen molar-refractivity contribution < 1.29 is 14.6 Å². The van der Waals surface area contributed by atoms with Gasteiger partial charge in [-0.3, -0.25) is 0 Å². The van der Waals surface area contributed by atoms with E-state index < -0.39 is 0 Å². The number of aliphatic hydroxyl groups excluding tert-OH is 1. The largest absolute Gasteiger partial charge is 0.493 e. The van der Waals surface area contributed by atoms with Crippen molar-refractivity contribution in [3.05, 3.63) is 40.6 Å². The first-order chi connectivity index (χ1) is 12.2. The summed E-state index contributed by atoms with van der Waals surface area (Å²) >= 11 is 0. The third kappa shape index (κ3) is 3.29. The number of nitriles is 1. The van der Waals surface area contributed by atoms with Gasteiger partial charge in [-0.05, 0) is 24.1 Å². The van der Waals surface area contributed by atoms with Crippen molar-refractivity contribution >= 4 is 5.82 Å². The summed E-state index contributed by atoms with van der Waals surface area (Å²) in [4.78, 5) is 4.37. The lowest BCUT2D eigenvalue weighted by atomic mass is 9.91. The first-order valence-corrected chi connectivity index (χ1v) is 8.35. The van der Waals surface area contributed by atoms with Crippen LogP contribution in [0.5, 0.6) is 5.75 Å². The van der Waals surface area contributed by atoms with Crippen LogP contribution in [0.15, 0.2) is 18.2 Å². The molecular weight excluding hydrogens is 318 g/mol. The van der Waals surface area contributed by atoms with Gasteiger partial charge < -0.3 is 20.3 Å². The zero-order chi connectivity index (χ0) is 17.8. The highest BCUT2D eigenvalue weighted by Crippen LogP contribution is 2.36. The molecule has 2 aromatic rings. The maximum Gasteiger partial charge on any atom is 0.142 e. The molecule has 0 amide bonds. The Hall–Kier alpha value is -2.62. The van der Waals surface area contributed by atoms with E-state index in [0.717, 1.165) is 28.8 Å². The van der Waals surface area contributed by atoms with Crippen molar-refractivity contribution in [3.8, 4) is 22.9 Å². The van der Waals surface area contributed by atoms with Crippen LogP contribution in [0.4, 0.5) is 5.82 Å². The van der Waals surface area contributed by atoms with E-state index in [1.807, 2.05) is 25.1 Å². The molecule has 3 rings (SSSR count). The van der Waals surface area contributed by atoms with Gasteiger partial charge in [-0.2, -0.15) is 5.26 Å². The van der Waals surface area contributed by atoms with Crippen LogP contribution in [0.1, 0.15) is 35.7 Å². The maximum atomic E-state index is 9.70. The number of nitrogens with zero attached hydrogens (tertiary/aromatic N) is 2. The van der Waals surface area contributed by atoms with Crippen molar-refractivity contribution in [2.24, 2.45) is 0 Å². The van der Waals surface area contributed by atoms with E-state index in [4.69, 9.17) is 15.2 Å². The lowest BCUT2D eigenvalue weighted by molar-refractivity contribution is 0.109. The number of hydrogen-bond donors (Lipinski definition) is 2. The van der Waals surface area contributed by atoms with Crippen molar-refractivity contribution in [3.63, 3.8) is 0 Å². The van der Waals surface area contributed by atoms with Crippen molar-refractivity contribution in [1.29, 1.82) is 5.26 Å². The molecule has 0 atom stereocenters. The summed E-state index contributed by atoms with van der Waals surface area (Å²) in [7, 11) is 0. The Morgan fingerprint density at radius 2 is 2.28 bits per heavy atom. The summed E-state index contributed by atoms with van der Waals surface area (Å²) in [6, 6.07) is 7.71. The highest BCUT2D eigenvalue weighted by molar-refractivity contribution is 5.80. The number of nitrogen functional groups attached to an aromatic ring is 1. The Morgan fingerprint density at radius 1 is 1.44 bits per heavy atom. The summed E-state index contributed by atoms with van der Waals surface area (Å²) in [5.41, 5.74) is 10.3. The monoisotopic (exact) mass is 339 g/mol. The molecule has 1 aliphatic heterocycles. The average molecular weight is 339 g/mol. The molecule has 0 spiro atoms. The van der Waals surface area contributed by atoms with E-state index in [9.17, 15) is 10.4 Å². The molecule has 6 heteroatoms. The fraction of sp³-hybridized carbons (Fsp3) is 0.368. The predicted octanol–water partition coefficient (Wildman–Crippen LogP) is 2.56. The normalized spacial score (nSPS) is 13.2. The zero-order valence-corrected chi connectivity index (χ0v) is 14.2. The summed E-state index contributed by atoms with van der Waals surface area (Å²) < 4.78 is 11.2. The zero-order valence-electron chi connectivity index (χ0n) is 14.2. The van der Waals surface area contributed by atoms with Gasteiger partial charge in [0.2, 0.25) is 0 Å². The molecular formula is C19H21N3O3. The van der Waals surface area contributed by atoms with Crippen LogP contribution in [-0.4, -0.2) is 23.3 Å². The Labute approximate surface area is 146 Å². The summed E-state index contributed by atoms with van der Waals surface area (Å²) in [6.45, 7) is 3.46. The first kappa shape index (κ1) is 17.2. The highest BCUT2D eigenvalue weighted by Gasteiger charge is 2.23. The molecule has 130 valence electrons. The first-order valence-electron chi connectivity index (χ1n) is 8.35. The van der Waals surface area contributed by atoms with Gasteiger partial charge in [0.25, 0.3) is 0 Å². The Morgan fingerprint density at radius 3 is 3.00 bits per heavy atom. The number of rotatable bonds is 5. The highest BCUT2D eigenvalue weighted by atomic mass is 16.5. The van der Waals surface area contributed by atoms with Crippen LogP contribution in [-0.2, 0) is 24.4 Å². The van der Waals surface area contributed by atoms with Crippen molar-refractivity contribution in [2.45, 2.75) is 33.0 Å². The molecule has 0 bridgehead atoms. The fourth-order valence-electron chi connectivity index (χ4n) is 3.04. The lowest BCUT2D eigenvalue weighted by Gasteiger charge is -2.22. The number of pyridine rings is 1. The van der Waals surface area contributed by atoms with E-state index in [2.05, 4.69) is 11.1 Å². The van der Waals surface area contributed by atoms with Crippen LogP contribution in [0.3, 0.4) is 0 Å². The molecule has 1 aromatic heterocycles. The third-order valence-electron chi connectivity index (χ3n) is 4.23. The quantitative estimate of drug-likeness (QED) is 0.868. The fourth-order valence-corrected chi connectivity index (χ4v) is 3.04. The van der Waals surface area contributed by atoms with Gasteiger partial charge in [0.15, 0.2) is 0 Å². The minimum absolute atomic E-state index is 0.145. The molecule has 2 heterocycles. The molecule has 0 unspecified atom stereocenters. The smallest absolute Gasteiger partial charge is 0.142 e. The number of ether oxygens (including phenoxy) is 2. The molecule has 0 radical (unpaired) electrons. The van der Waals surface area contributed by atoms with Crippen molar-refractivity contribution in [2.75, 3.05) is 18.9 Å². The lowest BCUT2D eigenvalue weighted by Crippen LogP contribution is -2.16. The van der Waals surface area contributed by atoms with Gasteiger partial charge in [0.1, 0.15) is 23.2 Å². The summed E-state index contributed by atoms with van der Waals surface area (Å²) in [5, 5.41) is 19.3. The Kier molecular flexibility index (Phi) is 5.17. The van der Waals surface area contributed by atoms with Crippen LogP contribution in [0.25, 0.3) is 11.1 Å². The van der Waals surface area contributed by atoms with E-state index in [0.29, 0.717) is 43.1 Å². The van der Waals surface area contributed by atoms with Crippen LogP contribution in [0.2, 0.25) is 0 Å². The van der Waals surface area contributed by atoms with Gasteiger partial charge in [-0.15, -0.1) is 0 Å². The number of hydrogen-bond acceptors (Lipinski definition) is 6. The Bertz CT molecular complexity index is 828. The second-order valence-electron chi connectivity index (χ2n) is 5.92. The number of aliphatic hydroxyl groups is 1. The SMILES string of the molecule is CCCOc1ccc(-c2c(C#N)c(N)nc3c2COCC3)cc1CO. The second-order valence-corrected chi connectivity index (χ2v) is 5.92. The van der Waals surface area contributed by atoms with Gasteiger partial charge in [0, 0.05) is 23.1 Å². The molecule has 0 fully saturated rings. The van der Waals surface area contributed by atoms with E-state index in [1.165, 1.54) is 0 Å². The average Bonchev–Trinajstić information content (AvgIpc) is 2.65. The Balaban J connectivity index is 2.16. The van der Waals surface area contributed by atoms with Gasteiger partial charge in [-0.25, -0.2) is 4.98 Å². The van der Waals surface area contributed by atoms with Gasteiger partial charge >= 0.3 is 0 Å². The van der Waals surface area contributed by atoms with Crippen LogP contribution in [0, 0.1) is 11.3 Å². The topological polar surface area (TPSA) is 101 Å². The van der Waals surface area contributed by atoms with Gasteiger partial charge in [-0.1, -0.05) is 13.0 Å². The molecule has 0 saturated carbocycles. The number of anilines is 1. The van der Waals surface area contributed by atoms with Crippen LogP contribution >= 0.6 is 0 Å². The van der Waals surface area contributed by atoms with Crippen molar-refractivity contribution in [1.82, 2.24) is 4.98 Å². The molecule has 3 N–H and O–H groups in total. The summed E-state index contributed by atoms with van der Waals surface area (Å²) in [5.74, 6) is 0.883. The van der Waals surface area contributed by atoms with E-state index in [-0.39, 0.29) is 12.4 Å². The second kappa shape index (κ2) is 7.51. The predicted molar refractivity (Wildman–Crippen MR) is 93.9 cm³/mol. The molecule has 0 aliphatic carbocycles. The number of benzene rings is 1. The molecule has 25 heavy (non-hydrogen) atoms. The molecule has 1 aliphatic rings. The van der Waals surface area contributed by atoms with Crippen LogP contribution < -0.4 is 10.5 Å². The molecule has 0 saturated heterocycles. The van der Waals surface area contributed by atoms with E-state index >= 15 is 0 Å². The maximum absolute atomic E-state index is 9.70. The molecule has 1 aromatic carbocycles. The number of nitrogens with two attached hydrogens (primary N) is 1.